The summed E-state index contributed by atoms with van der Waals surface area (Å²) >= 11 is 0. The van der Waals surface area contributed by atoms with Gasteiger partial charge in [-0.05, 0) is 130 Å². The van der Waals surface area contributed by atoms with Gasteiger partial charge in [-0.25, -0.2) is 0 Å². The van der Waals surface area contributed by atoms with Crippen molar-refractivity contribution in [2.45, 2.75) is 6.92 Å². The average molecular weight is 832 g/mol. The first-order valence-electron chi connectivity index (χ1n) is 22.4. The van der Waals surface area contributed by atoms with Gasteiger partial charge in [-0.1, -0.05) is 181 Å². The molecule has 0 aliphatic carbocycles. The van der Waals surface area contributed by atoms with Gasteiger partial charge >= 0.3 is 0 Å². The summed E-state index contributed by atoms with van der Waals surface area (Å²) < 4.78 is 0. The Balaban J connectivity index is 1.11. The maximum absolute atomic E-state index is 3.98. The largest absolute Gasteiger partial charge is 0.355 e. The lowest BCUT2D eigenvalue weighted by atomic mass is 9.58. The third-order valence-electron chi connectivity index (χ3n) is 12.5. The van der Waals surface area contributed by atoms with E-state index in [0.29, 0.717) is 0 Å². The number of benzene rings is 10. The molecule has 0 fully saturated rings. The summed E-state index contributed by atoms with van der Waals surface area (Å²) in [5.41, 5.74) is 22.1. The fourth-order valence-electron chi connectivity index (χ4n) is 9.38. The second-order valence-corrected chi connectivity index (χ2v) is 16.8. The Morgan fingerprint density at radius 1 is 0.385 bits per heavy atom. The van der Waals surface area contributed by atoms with Crippen molar-refractivity contribution < 1.29 is 0 Å². The normalized spacial score (nSPS) is 11.6. The molecule has 1 heterocycles. The minimum Gasteiger partial charge on any atom is -0.355 e. The Bertz CT molecular complexity index is 3220. The van der Waals surface area contributed by atoms with Crippen LogP contribution in [0.15, 0.2) is 249 Å². The number of nitrogens with one attached hydrogen (secondary N) is 1. The first-order chi connectivity index (χ1) is 32.1. The zero-order valence-corrected chi connectivity index (χ0v) is 36.3. The van der Waals surface area contributed by atoms with Crippen molar-refractivity contribution in [3.05, 3.63) is 254 Å². The summed E-state index contributed by atoms with van der Waals surface area (Å²) in [5.74, 6) is 0. The molecule has 308 valence electrons. The number of nitrogens with zero attached hydrogens (tertiary/aromatic N) is 2. The molecular weight excluding hydrogens is 786 g/mol. The predicted octanol–water partition coefficient (Wildman–Crippen LogP) is 15.0. The molecule has 0 atom stereocenters. The van der Waals surface area contributed by atoms with Crippen LogP contribution in [0.3, 0.4) is 0 Å². The second-order valence-electron chi connectivity index (χ2n) is 16.8. The number of aryl methyl sites for hydroxylation is 1. The third kappa shape index (κ3) is 7.99. The minimum absolute atomic E-state index is 0.787. The molecule has 10 aromatic carbocycles. The van der Waals surface area contributed by atoms with E-state index in [4.69, 9.17) is 0 Å². The van der Waals surface area contributed by atoms with Crippen LogP contribution in [-0.4, -0.2) is 7.28 Å². The van der Waals surface area contributed by atoms with Crippen LogP contribution in [-0.2, 0) is 0 Å². The van der Waals surface area contributed by atoms with E-state index in [2.05, 4.69) is 271 Å². The van der Waals surface area contributed by atoms with Gasteiger partial charge in [0.25, 0.3) is 0 Å². The maximum atomic E-state index is 3.98. The molecule has 1 N–H and O–H groups in total. The van der Waals surface area contributed by atoms with Crippen molar-refractivity contribution in [3.63, 3.8) is 0 Å². The van der Waals surface area contributed by atoms with E-state index in [0.717, 1.165) is 52.5 Å². The topological polar surface area (TPSA) is 18.5 Å². The molecule has 65 heavy (non-hydrogen) atoms. The molecular formula is C61H46BN3. The van der Waals surface area contributed by atoms with Gasteiger partial charge in [0.1, 0.15) is 0 Å². The van der Waals surface area contributed by atoms with Gasteiger partial charge in [0.05, 0.1) is 0 Å². The third-order valence-corrected chi connectivity index (χ3v) is 12.5. The number of rotatable bonds is 10. The highest BCUT2D eigenvalue weighted by Crippen LogP contribution is 2.44. The quantitative estimate of drug-likeness (QED) is 0.139. The van der Waals surface area contributed by atoms with Crippen LogP contribution in [0, 0.1) is 6.92 Å². The summed E-state index contributed by atoms with van der Waals surface area (Å²) in [6.07, 6.45) is 0. The van der Waals surface area contributed by atoms with Gasteiger partial charge in [0.15, 0.2) is 7.28 Å². The lowest BCUT2D eigenvalue weighted by Gasteiger charge is -2.36. The van der Waals surface area contributed by atoms with Crippen LogP contribution >= 0.6 is 0 Å². The first kappa shape index (κ1) is 39.5. The Morgan fingerprint density at radius 3 is 1.54 bits per heavy atom. The van der Waals surface area contributed by atoms with Crippen molar-refractivity contribution in [2.24, 2.45) is 0 Å². The van der Waals surface area contributed by atoms with Crippen LogP contribution < -0.4 is 26.0 Å². The van der Waals surface area contributed by atoms with Crippen molar-refractivity contribution in [2.75, 3.05) is 15.1 Å². The molecule has 0 bridgehead atoms. The van der Waals surface area contributed by atoms with Gasteiger partial charge in [0.2, 0.25) is 0 Å². The van der Waals surface area contributed by atoms with Crippen molar-refractivity contribution >= 4 is 63.7 Å². The Kier molecular flexibility index (Phi) is 10.6. The molecule has 0 saturated heterocycles. The van der Waals surface area contributed by atoms with Crippen LogP contribution in [0.25, 0.3) is 44.5 Å². The Morgan fingerprint density at radius 2 is 0.923 bits per heavy atom. The van der Waals surface area contributed by atoms with Crippen molar-refractivity contribution in [1.82, 2.24) is 0 Å². The summed E-state index contributed by atoms with van der Waals surface area (Å²) in [4.78, 5) is 4.84. The zero-order valence-electron chi connectivity index (χ0n) is 36.3. The van der Waals surface area contributed by atoms with Crippen LogP contribution in [0.5, 0.6) is 0 Å². The monoisotopic (exact) mass is 831 g/mol. The summed E-state index contributed by atoms with van der Waals surface area (Å²) in [5, 5.41) is 3.98. The van der Waals surface area contributed by atoms with E-state index in [1.165, 1.54) is 61.2 Å². The van der Waals surface area contributed by atoms with Crippen LogP contribution in [0.2, 0.25) is 0 Å². The first-order valence-corrected chi connectivity index (χ1v) is 22.4. The molecule has 4 heteroatoms. The Labute approximate surface area is 382 Å². The van der Waals surface area contributed by atoms with E-state index < -0.39 is 0 Å². The van der Waals surface area contributed by atoms with Gasteiger partial charge in [-0.15, -0.1) is 0 Å². The number of hydrogen-bond donors (Lipinski definition) is 1. The lowest BCUT2D eigenvalue weighted by Crippen LogP contribution is -2.41. The molecule has 3 nitrogen and oxygen atoms in total. The standard InChI is InChI=1S/C61H46BN3/c1-43-37-56(61-60(38-43)65(53-32-18-26-48(40-53)45-21-9-3-10-22-45)59-41-49(33-36-57(59)62-61)46-23-11-4-12-24-46)55-35-34-54(64(51-28-13-5-14-29-51)52-30-15-6-16-31-52)42-58(55)63-50-27-17-25-47(39-50)44-19-7-2-8-20-44/h2-42,62-63H,1H3. The fourth-order valence-corrected chi connectivity index (χ4v) is 9.38. The molecule has 0 amide bonds. The molecule has 0 aromatic heterocycles. The lowest BCUT2D eigenvalue weighted by molar-refractivity contribution is 1.28. The van der Waals surface area contributed by atoms with Gasteiger partial charge in [0, 0.05) is 51.1 Å². The van der Waals surface area contributed by atoms with E-state index in [-0.39, 0.29) is 0 Å². The summed E-state index contributed by atoms with van der Waals surface area (Å²) in [7, 11) is 0.787. The molecule has 0 unspecified atom stereocenters. The molecule has 1 aliphatic rings. The molecule has 11 rings (SSSR count). The zero-order chi connectivity index (χ0) is 43.5. The Hall–Kier alpha value is -8.34. The minimum atomic E-state index is 0.787. The van der Waals surface area contributed by atoms with Gasteiger partial charge in [-0.3, -0.25) is 0 Å². The van der Waals surface area contributed by atoms with Crippen molar-refractivity contribution in [3.8, 4) is 44.5 Å². The van der Waals surface area contributed by atoms with E-state index in [1.807, 2.05) is 0 Å². The molecule has 10 aromatic rings. The van der Waals surface area contributed by atoms with E-state index >= 15 is 0 Å². The van der Waals surface area contributed by atoms with E-state index in [1.54, 1.807) is 0 Å². The van der Waals surface area contributed by atoms with Gasteiger partial charge in [-0.2, -0.15) is 0 Å². The highest BCUT2D eigenvalue weighted by atomic mass is 15.2. The molecule has 1 aliphatic heterocycles. The average Bonchev–Trinajstić information content (AvgIpc) is 3.37. The number of hydrogen-bond acceptors (Lipinski definition) is 3. The number of fused-ring (bicyclic) bond motifs is 2. The van der Waals surface area contributed by atoms with Crippen molar-refractivity contribution in [1.29, 1.82) is 0 Å². The van der Waals surface area contributed by atoms with Crippen LogP contribution in [0.4, 0.5) is 45.5 Å². The highest BCUT2D eigenvalue weighted by Gasteiger charge is 2.29. The second kappa shape index (κ2) is 17.4. The van der Waals surface area contributed by atoms with Gasteiger partial charge < -0.3 is 15.1 Å². The summed E-state index contributed by atoms with van der Waals surface area (Å²) in [6, 6.07) is 89.8. The van der Waals surface area contributed by atoms with E-state index in [9.17, 15) is 0 Å². The van der Waals surface area contributed by atoms with Crippen LogP contribution in [0.1, 0.15) is 5.56 Å². The fraction of sp³-hybridized carbons (Fsp3) is 0.0164. The SMILES string of the molecule is Cc1cc(-c2ccc(N(c3ccccc3)c3ccccc3)cc2Nc2cccc(-c3ccccc3)c2)c2c(c1)N(c1cccc(-c3ccccc3)c1)c1cc(-c3ccccc3)ccc1B2. The molecule has 0 spiro atoms. The summed E-state index contributed by atoms with van der Waals surface area (Å²) in [6.45, 7) is 2.23. The number of para-hydroxylation sites is 2. The molecule has 0 saturated carbocycles. The highest BCUT2D eigenvalue weighted by molar-refractivity contribution is 6.73. The maximum Gasteiger partial charge on any atom is 0.198 e. The number of anilines is 8. The smallest absolute Gasteiger partial charge is 0.198 e. The molecule has 0 radical (unpaired) electrons. The predicted molar refractivity (Wildman–Crippen MR) is 278 cm³/mol.